The molecule has 1 aliphatic heterocycles. The van der Waals surface area contributed by atoms with E-state index in [1.54, 1.807) is 4.90 Å². The number of hydrogen-bond acceptors (Lipinski definition) is 2. The van der Waals surface area contributed by atoms with Crippen LogP contribution in [0.3, 0.4) is 0 Å². The van der Waals surface area contributed by atoms with Crippen LogP contribution in [0.2, 0.25) is 5.02 Å². The zero-order valence-electron chi connectivity index (χ0n) is 14.8. The SMILES string of the molecule is CC(NC(=O)C1CC(=O)N(CCc2ccc(Cl)cc2)C1)c1ccccc1. The van der Waals surface area contributed by atoms with Gasteiger partial charge in [-0.2, -0.15) is 0 Å². The molecule has 1 fully saturated rings. The summed E-state index contributed by atoms with van der Waals surface area (Å²) in [5, 5.41) is 3.73. The molecular weight excluding hydrogens is 348 g/mol. The molecule has 0 saturated carbocycles. The highest BCUT2D eigenvalue weighted by Gasteiger charge is 2.34. The Hall–Kier alpha value is -2.33. The highest BCUT2D eigenvalue weighted by molar-refractivity contribution is 6.30. The molecule has 2 aromatic carbocycles. The van der Waals surface area contributed by atoms with E-state index in [9.17, 15) is 9.59 Å². The van der Waals surface area contributed by atoms with Crippen molar-refractivity contribution in [3.05, 3.63) is 70.7 Å². The Labute approximate surface area is 159 Å². The lowest BCUT2D eigenvalue weighted by molar-refractivity contribution is -0.129. The summed E-state index contributed by atoms with van der Waals surface area (Å²) >= 11 is 5.89. The largest absolute Gasteiger partial charge is 0.349 e. The van der Waals surface area contributed by atoms with Crippen LogP contribution in [0, 0.1) is 5.92 Å². The number of nitrogens with one attached hydrogen (secondary N) is 1. The fraction of sp³-hybridized carbons (Fsp3) is 0.333. The van der Waals surface area contributed by atoms with Gasteiger partial charge >= 0.3 is 0 Å². The summed E-state index contributed by atoms with van der Waals surface area (Å²) in [5.74, 6) is -0.283. The Balaban J connectivity index is 1.51. The lowest BCUT2D eigenvalue weighted by atomic mass is 10.1. The summed E-state index contributed by atoms with van der Waals surface area (Å²) in [7, 11) is 0. The van der Waals surface area contributed by atoms with Crippen molar-refractivity contribution >= 4 is 23.4 Å². The van der Waals surface area contributed by atoms with Crippen molar-refractivity contribution in [2.24, 2.45) is 5.92 Å². The molecule has 1 heterocycles. The normalized spacial score (nSPS) is 18.0. The van der Waals surface area contributed by atoms with Crippen LogP contribution in [-0.4, -0.2) is 29.8 Å². The zero-order chi connectivity index (χ0) is 18.5. The molecule has 2 unspecified atom stereocenters. The number of nitrogens with zero attached hydrogens (tertiary/aromatic N) is 1. The molecule has 0 bridgehead atoms. The third kappa shape index (κ3) is 4.64. The Morgan fingerprint density at radius 3 is 2.58 bits per heavy atom. The molecule has 2 amide bonds. The quantitative estimate of drug-likeness (QED) is 0.844. The molecule has 0 radical (unpaired) electrons. The summed E-state index contributed by atoms with van der Waals surface area (Å²) in [6.07, 6.45) is 1.05. The fourth-order valence-corrected chi connectivity index (χ4v) is 3.36. The predicted octanol–water partition coefficient (Wildman–Crippen LogP) is 3.61. The van der Waals surface area contributed by atoms with Gasteiger partial charge in [0, 0.05) is 24.5 Å². The van der Waals surface area contributed by atoms with Gasteiger partial charge in [-0.25, -0.2) is 0 Å². The maximum absolute atomic E-state index is 12.5. The second-order valence-electron chi connectivity index (χ2n) is 6.76. The first kappa shape index (κ1) is 18.5. The van der Waals surface area contributed by atoms with Crippen molar-refractivity contribution in [3.63, 3.8) is 0 Å². The second-order valence-corrected chi connectivity index (χ2v) is 7.19. The van der Waals surface area contributed by atoms with Gasteiger partial charge in [0.15, 0.2) is 0 Å². The van der Waals surface area contributed by atoms with Gasteiger partial charge in [-0.3, -0.25) is 9.59 Å². The van der Waals surface area contributed by atoms with Crippen LogP contribution in [0.5, 0.6) is 0 Å². The van der Waals surface area contributed by atoms with Gasteiger partial charge < -0.3 is 10.2 Å². The minimum atomic E-state index is -0.279. The third-order valence-corrected chi connectivity index (χ3v) is 5.08. The summed E-state index contributed by atoms with van der Waals surface area (Å²) in [4.78, 5) is 26.6. The van der Waals surface area contributed by atoms with Gasteiger partial charge in [-0.1, -0.05) is 54.1 Å². The molecule has 2 aromatic rings. The van der Waals surface area contributed by atoms with Crippen LogP contribution in [0.15, 0.2) is 54.6 Å². The third-order valence-electron chi connectivity index (χ3n) is 4.83. The lowest BCUT2D eigenvalue weighted by Crippen LogP contribution is -2.35. The number of rotatable bonds is 6. The molecule has 2 atom stereocenters. The van der Waals surface area contributed by atoms with Crippen LogP contribution in [0.4, 0.5) is 0 Å². The lowest BCUT2D eigenvalue weighted by Gasteiger charge is -2.19. The number of halogens is 1. The number of amides is 2. The molecule has 0 aromatic heterocycles. The Kier molecular flexibility index (Phi) is 5.94. The minimum absolute atomic E-state index is 0.0477. The van der Waals surface area contributed by atoms with Crippen molar-refractivity contribution in [2.45, 2.75) is 25.8 Å². The molecule has 4 nitrogen and oxygen atoms in total. The Bertz CT molecular complexity index is 761. The number of carbonyl (C=O) groups excluding carboxylic acids is 2. The van der Waals surface area contributed by atoms with E-state index in [0.717, 1.165) is 17.5 Å². The maximum atomic E-state index is 12.5. The van der Waals surface area contributed by atoms with Crippen molar-refractivity contribution in [1.82, 2.24) is 10.2 Å². The van der Waals surface area contributed by atoms with Gasteiger partial charge in [0.05, 0.1) is 12.0 Å². The van der Waals surface area contributed by atoms with Crippen LogP contribution in [-0.2, 0) is 16.0 Å². The predicted molar refractivity (Wildman–Crippen MR) is 103 cm³/mol. The molecule has 26 heavy (non-hydrogen) atoms. The molecule has 136 valence electrons. The smallest absolute Gasteiger partial charge is 0.225 e. The maximum Gasteiger partial charge on any atom is 0.225 e. The van der Waals surface area contributed by atoms with E-state index in [-0.39, 0.29) is 30.2 Å². The monoisotopic (exact) mass is 370 g/mol. The number of benzene rings is 2. The van der Waals surface area contributed by atoms with E-state index in [1.807, 2.05) is 61.5 Å². The molecule has 3 rings (SSSR count). The summed E-state index contributed by atoms with van der Waals surface area (Å²) in [6, 6.07) is 17.4. The van der Waals surface area contributed by atoms with E-state index in [2.05, 4.69) is 5.32 Å². The number of hydrogen-bond donors (Lipinski definition) is 1. The first-order valence-corrected chi connectivity index (χ1v) is 9.28. The van der Waals surface area contributed by atoms with Crippen molar-refractivity contribution in [3.8, 4) is 0 Å². The topological polar surface area (TPSA) is 49.4 Å². The van der Waals surface area contributed by atoms with E-state index >= 15 is 0 Å². The molecule has 1 aliphatic rings. The van der Waals surface area contributed by atoms with Crippen LogP contribution < -0.4 is 5.32 Å². The van der Waals surface area contributed by atoms with Crippen LogP contribution in [0.25, 0.3) is 0 Å². The highest BCUT2D eigenvalue weighted by atomic mass is 35.5. The summed E-state index contributed by atoms with van der Waals surface area (Å²) < 4.78 is 0. The highest BCUT2D eigenvalue weighted by Crippen LogP contribution is 2.21. The number of carbonyl (C=O) groups is 2. The van der Waals surface area contributed by atoms with Gasteiger partial charge in [0.1, 0.15) is 0 Å². The van der Waals surface area contributed by atoms with Gasteiger partial charge in [0.2, 0.25) is 11.8 Å². The fourth-order valence-electron chi connectivity index (χ4n) is 3.24. The summed E-state index contributed by atoms with van der Waals surface area (Å²) in [6.45, 7) is 3.07. The first-order valence-electron chi connectivity index (χ1n) is 8.90. The van der Waals surface area contributed by atoms with Crippen molar-refractivity contribution in [1.29, 1.82) is 0 Å². The van der Waals surface area contributed by atoms with Crippen LogP contribution >= 0.6 is 11.6 Å². The van der Waals surface area contributed by atoms with E-state index in [4.69, 9.17) is 11.6 Å². The number of likely N-dealkylation sites (tertiary alicyclic amines) is 1. The van der Waals surface area contributed by atoms with E-state index < -0.39 is 0 Å². The standard InChI is InChI=1S/C21H23ClN2O2/c1-15(17-5-3-2-4-6-17)23-21(26)18-13-20(25)24(14-18)12-11-16-7-9-19(22)10-8-16/h2-10,15,18H,11-14H2,1H3,(H,23,26). The molecule has 1 saturated heterocycles. The van der Waals surface area contributed by atoms with Gasteiger partial charge in [-0.05, 0) is 36.6 Å². The Morgan fingerprint density at radius 2 is 1.88 bits per heavy atom. The zero-order valence-corrected chi connectivity index (χ0v) is 15.6. The molecule has 0 spiro atoms. The minimum Gasteiger partial charge on any atom is -0.349 e. The summed E-state index contributed by atoms with van der Waals surface area (Å²) in [5.41, 5.74) is 2.19. The molecule has 5 heteroatoms. The molecular formula is C21H23ClN2O2. The van der Waals surface area contributed by atoms with Crippen LogP contribution in [0.1, 0.15) is 30.5 Å². The Morgan fingerprint density at radius 1 is 1.19 bits per heavy atom. The molecule has 0 aliphatic carbocycles. The average Bonchev–Trinajstić information content (AvgIpc) is 3.03. The van der Waals surface area contributed by atoms with E-state index in [1.165, 1.54) is 0 Å². The molecule has 1 N–H and O–H groups in total. The van der Waals surface area contributed by atoms with E-state index in [0.29, 0.717) is 18.1 Å². The second kappa shape index (κ2) is 8.37. The van der Waals surface area contributed by atoms with Crippen molar-refractivity contribution < 1.29 is 9.59 Å². The average molecular weight is 371 g/mol. The van der Waals surface area contributed by atoms with Gasteiger partial charge in [0.25, 0.3) is 0 Å². The first-order chi connectivity index (χ1) is 12.5. The van der Waals surface area contributed by atoms with Gasteiger partial charge in [-0.15, -0.1) is 0 Å². The van der Waals surface area contributed by atoms with Crippen molar-refractivity contribution in [2.75, 3.05) is 13.1 Å².